The fraction of sp³-hybridized carbons (Fsp3) is 0.435. The number of aromatic hydroxyl groups is 1. The summed E-state index contributed by atoms with van der Waals surface area (Å²) in [6, 6.07) is 0.444. The first kappa shape index (κ1) is 26.3. The molecule has 0 saturated heterocycles. The van der Waals surface area contributed by atoms with Crippen molar-refractivity contribution in [1.82, 2.24) is 4.90 Å². The summed E-state index contributed by atoms with van der Waals surface area (Å²) >= 11 is 0. The lowest BCUT2D eigenvalue weighted by molar-refractivity contribution is -0.153. The first-order valence-electron chi connectivity index (χ1n) is 10.7. The summed E-state index contributed by atoms with van der Waals surface area (Å²) in [7, 11) is 6.64. The number of hydrogen-bond donors (Lipinski definition) is 6. The number of aliphatic hydroxyl groups excluding tert-OH is 2. The number of ketones is 2. The lowest BCUT2D eigenvalue weighted by atomic mass is 9.57. The van der Waals surface area contributed by atoms with E-state index < -0.39 is 63.8 Å². The minimum absolute atomic E-state index is 0. The van der Waals surface area contributed by atoms with Crippen LogP contribution >= 0.6 is 12.4 Å². The van der Waals surface area contributed by atoms with Gasteiger partial charge in [-0.1, -0.05) is 0 Å². The zero-order chi connectivity index (χ0) is 25.4. The van der Waals surface area contributed by atoms with Crippen LogP contribution in [0.25, 0.3) is 5.76 Å². The van der Waals surface area contributed by atoms with Crippen molar-refractivity contribution in [2.75, 3.05) is 38.8 Å². The molecule has 0 radical (unpaired) electrons. The highest BCUT2D eigenvalue weighted by Crippen LogP contribution is 2.54. The molecule has 4 atom stereocenters. The Bertz CT molecular complexity index is 1220. The standard InChI is InChI=1S/C23H28N4O7.ClH/c1-26(2)12-7-11(24)17(28)14-9(12)5-8-6-10-16(27(3)4)19(30)15(22(25)33)21(32)23(10,34)20(31)13(8)18(14)29;/h7-8,10,16,28-29,32,34H,5-6,24H2,1-4H3,(H2,25,33);1H/t8-,10-,16-,23-;/m1./s1. The van der Waals surface area contributed by atoms with Crippen LogP contribution < -0.4 is 16.4 Å². The molecule has 1 saturated carbocycles. The molecule has 0 aliphatic heterocycles. The Morgan fingerprint density at radius 2 is 1.74 bits per heavy atom. The number of anilines is 2. The van der Waals surface area contributed by atoms with Crippen LogP contribution in [0.3, 0.4) is 0 Å². The van der Waals surface area contributed by atoms with E-state index >= 15 is 0 Å². The fourth-order valence-corrected chi connectivity index (χ4v) is 5.71. The van der Waals surface area contributed by atoms with Crippen LogP contribution in [0, 0.1) is 11.8 Å². The Labute approximate surface area is 207 Å². The second kappa shape index (κ2) is 8.43. The third kappa shape index (κ3) is 3.37. The number of Topliss-reactive ketones (excluding diaryl/α,β-unsaturated/α-hetero) is 2. The second-order valence-electron chi connectivity index (χ2n) is 9.54. The van der Waals surface area contributed by atoms with Gasteiger partial charge in [-0.25, -0.2) is 0 Å². The summed E-state index contributed by atoms with van der Waals surface area (Å²) in [6.07, 6.45) is 0.236. The van der Waals surface area contributed by atoms with Crippen LogP contribution in [0.5, 0.6) is 5.75 Å². The molecule has 1 amide bonds. The molecule has 0 heterocycles. The van der Waals surface area contributed by atoms with Crippen LogP contribution in [-0.4, -0.2) is 82.6 Å². The van der Waals surface area contributed by atoms with Gasteiger partial charge in [0.05, 0.1) is 17.3 Å². The second-order valence-corrected chi connectivity index (χ2v) is 9.54. The van der Waals surface area contributed by atoms with Gasteiger partial charge in [-0.05, 0) is 44.5 Å². The van der Waals surface area contributed by atoms with Gasteiger partial charge in [0.1, 0.15) is 22.8 Å². The predicted octanol–water partition coefficient (Wildman–Crippen LogP) is 0.0340. The van der Waals surface area contributed by atoms with Crippen molar-refractivity contribution < 1.29 is 34.8 Å². The van der Waals surface area contributed by atoms with E-state index in [1.807, 2.05) is 0 Å². The number of primary amides is 1. The van der Waals surface area contributed by atoms with Crippen LogP contribution in [0.2, 0.25) is 0 Å². The number of aliphatic hydroxyl groups is 3. The number of amides is 1. The van der Waals surface area contributed by atoms with E-state index in [0.29, 0.717) is 11.3 Å². The number of rotatable bonds is 3. The average molecular weight is 509 g/mol. The van der Waals surface area contributed by atoms with Gasteiger partial charge in [0.2, 0.25) is 5.78 Å². The predicted molar refractivity (Wildman–Crippen MR) is 130 cm³/mol. The van der Waals surface area contributed by atoms with Crippen molar-refractivity contribution >= 4 is 47.0 Å². The normalized spacial score (nSPS) is 27.8. The van der Waals surface area contributed by atoms with Crippen molar-refractivity contribution in [3.05, 3.63) is 34.1 Å². The van der Waals surface area contributed by atoms with Crippen LogP contribution in [0.15, 0.2) is 23.0 Å². The zero-order valence-electron chi connectivity index (χ0n) is 19.7. The number of phenolic OH excluding ortho intramolecular Hbond substituents is 1. The minimum atomic E-state index is -2.66. The van der Waals surface area contributed by atoms with Gasteiger partial charge < -0.3 is 36.8 Å². The highest BCUT2D eigenvalue weighted by atomic mass is 35.5. The summed E-state index contributed by atoms with van der Waals surface area (Å²) in [5, 5.41) is 44.2. The number of carbonyl (C=O) groups excluding carboxylic acids is 3. The third-order valence-electron chi connectivity index (χ3n) is 7.21. The molecule has 8 N–H and O–H groups in total. The maximum absolute atomic E-state index is 13.7. The van der Waals surface area contributed by atoms with Gasteiger partial charge in [0.15, 0.2) is 11.4 Å². The van der Waals surface area contributed by atoms with Crippen molar-refractivity contribution in [2.24, 2.45) is 17.6 Å². The number of nitrogen functional groups attached to an aromatic ring is 1. The number of fused-ring (bicyclic) bond motifs is 3. The van der Waals surface area contributed by atoms with Crippen molar-refractivity contribution in [2.45, 2.75) is 24.5 Å². The highest BCUT2D eigenvalue weighted by Gasteiger charge is 2.64. The highest BCUT2D eigenvalue weighted by molar-refractivity contribution is 6.24. The van der Waals surface area contributed by atoms with E-state index in [-0.39, 0.29) is 42.1 Å². The average Bonchev–Trinajstić information content (AvgIpc) is 2.72. The molecule has 0 spiro atoms. The van der Waals surface area contributed by atoms with E-state index in [2.05, 4.69) is 0 Å². The van der Waals surface area contributed by atoms with Crippen molar-refractivity contribution in [3.63, 3.8) is 0 Å². The van der Waals surface area contributed by atoms with Gasteiger partial charge >= 0.3 is 0 Å². The van der Waals surface area contributed by atoms with Gasteiger partial charge in [-0.15, -0.1) is 12.4 Å². The summed E-state index contributed by atoms with van der Waals surface area (Å²) in [6.45, 7) is 0. The smallest absolute Gasteiger partial charge is 0.255 e. The molecule has 35 heavy (non-hydrogen) atoms. The van der Waals surface area contributed by atoms with E-state index in [1.54, 1.807) is 39.2 Å². The van der Waals surface area contributed by atoms with Gasteiger partial charge in [0, 0.05) is 31.3 Å². The van der Waals surface area contributed by atoms with E-state index in [1.165, 1.54) is 4.90 Å². The molecule has 4 rings (SSSR count). The summed E-state index contributed by atoms with van der Waals surface area (Å²) < 4.78 is 0. The van der Waals surface area contributed by atoms with Crippen LogP contribution in [0.4, 0.5) is 11.4 Å². The number of nitrogens with zero attached hydrogens (tertiary/aromatic N) is 2. The number of halogens is 1. The largest absolute Gasteiger partial charge is 0.508 e. The molecular weight excluding hydrogens is 480 g/mol. The molecule has 0 unspecified atom stereocenters. The van der Waals surface area contributed by atoms with E-state index in [4.69, 9.17) is 11.5 Å². The van der Waals surface area contributed by atoms with Gasteiger partial charge in [-0.2, -0.15) is 0 Å². The Hall–Kier alpha value is -3.28. The first-order chi connectivity index (χ1) is 15.7. The van der Waals surface area contributed by atoms with Crippen LogP contribution in [-0.2, 0) is 20.8 Å². The van der Waals surface area contributed by atoms with E-state index in [0.717, 1.165) is 0 Å². The Kier molecular flexibility index (Phi) is 6.34. The van der Waals surface area contributed by atoms with Crippen molar-refractivity contribution in [1.29, 1.82) is 0 Å². The number of likely N-dealkylation sites (N-methyl/N-ethyl adjacent to an activating group) is 1. The van der Waals surface area contributed by atoms with Gasteiger partial charge in [-0.3, -0.25) is 19.3 Å². The number of hydrogen-bond acceptors (Lipinski definition) is 10. The number of carbonyl (C=O) groups is 3. The molecule has 1 aromatic rings. The fourth-order valence-electron chi connectivity index (χ4n) is 5.71. The lowest BCUT2D eigenvalue weighted by Crippen LogP contribution is -2.65. The molecule has 1 fully saturated rings. The van der Waals surface area contributed by atoms with Gasteiger partial charge in [0.25, 0.3) is 5.91 Å². The number of phenols is 1. The molecule has 11 nitrogen and oxygen atoms in total. The summed E-state index contributed by atoms with van der Waals surface area (Å²) in [5.41, 5.74) is 8.68. The minimum Gasteiger partial charge on any atom is -0.508 e. The number of benzene rings is 1. The molecule has 190 valence electrons. The molecule has 3 aliphatic rings. The monoisotopic (exact) mass is 508 g/mol. The third-order valence-corrected chi connectivity index (χ3v) is 7.21. The Morgan fingerprint density at radius 3 is 2.26 bits per heavy atom. The molecule has 12 heteroatoms. The Balaban J connectivity index is 0.00000342. The van der Waals surface area contributed by atoms with E-state index in [9.17, 15) is 34.8 Å². The summed E-state index contributed by atoms with van der Waals surface area (Å²) in [5.74, 6) is -6.95. The molecule has 3 aliphatic carbocycles. The Morgan fingerprint density at radius 1 is 1.14 bits per heavy atom. The molecule has 0 aromatic heterocycles. The molecular formula is C23H29ClN4O7. The quantitative estimate of drug-likeness (QED) is 0.184. The van der Waals surface area contributed by atoms with Crippen LogP contribution in [0.1, 0.15) is 17.5 Å². The van der Waals surface area contributed by atoms with Crippen molar-refractivity contribution in [3.8, 4) is 5.75 Å². The number of nitrogens with two attached hydrogens (primary N) is 2. The zero-order valence-corrected chi connectivity index (χ0v) is 20.5. The maximum atomic E-state index is 13.7. The topological polar surface area (TPSA) is 191 Å². The lowest BCUT2D eigenvalue weighted by Gasteiger charge is -2.50. The molecule has 1 aromatic carbocycles. The SMILES string of the molecule is CN(C)c1cc(N)c(O)c2c1C[C@@H]1C[C@@H]3[C@@H](N(C)C)C(=O)C(C(N)=O)=C(O)[C@]3(O)C(=O)C1=C2O.Cl. The maximum Gasteiger partial charge on any atom is 0.255 e. The first-order valence-corrected chi connectivity index (χ1v) is 10.7. The molecule has 0 bridgehead atoms. The summed E-state index contributed by atoms with van der Waals surface area (Å²) in [4.78, 5) is 42.0.